The SMILES string of the molecule is CCOc1ccc(C(=O)c2c(C)cccc2N)cc1. The van der Waals surface area contributed by atoms with Crippen LogP contribution in [0.1, 0.15) is 28.4 Å². The fourth-order valence-corrected chi connectivity index (χ4v) is 2.01. The van der Waals surface area contributed by atoms with Crippen molar-refractivity contribution in [3.63, 3.8) is 0 Å². The highest BCUT2D eigenvalue weighted by Crippen LogP contribution is 2.21. The summed E-state index contributed by atoms with van der Waals surface area (Å²) in [6.45, 7) is 4.42. The Labute approximate surface area is 113 Å². The third-order valence-electron chi connectivity index (χ3n) is 2.96. The van der Waals surface area contributed by atoms with Crippen LogP contribution in [0.2, 0.25) is 0 Å². The van der Waals surface area contributed by atoms with Crippen molar-refractivity contribution in [3.05, 3.63) is 59.2 Å². The molecule has 0 aliphatic heterocycles. The first-order valence-electron chi connectivity index (χ1n) is 6.26. The van der Waals surface area contributed by atoms with Gasteiger partial charge < -0.3 is 10.5 Å². The number of nitrogens with two attached hydrogens (primary N) is 1. The summed E-state index contributed by atoms with van der Waals surface area (Å²) in [4.78, 5) is 12.4. The summed E-state index contributed by atoms with van der Waals surface area (Å²) in [5.41, 5.74) is 8.48. The van der Waals surface area contributed by atoms with Gasteiger partial charge in [0.25, 0.3) is 0 Å². The maximum Gasteiger partial charge on any atom is 0.195 e. The Balaban J connectivity index is 2.34. The topological polar surface area (TPSA) is 52.3 Å². The van der Waals surface area contributed by atoms with E-state index in [0.29, 0.717) is 23.4 Å². The number of carbonyl (C=O) groups is 1. The molecule has 0 aromatic heterocycles. The molecular weight excluding hydrogens is 238 g/mol. The number of hydrogen-bond donors (Lipinski definition) is 1. The number of aryl methyl sites for hydroxylation is 1. The van der Waals surface area contributed by atoms with E-state index in [4.69, 9.17) is 10.5 Å². The van der Waals surface area contributed by atoms with Crippen LogP contribution in [0.15, 0.2) is 42.5 Å². The minimum Gasteiger partial charge on any atom is -0.494 e. The Morgan fingerprint density at radius 1 is 1.16 bits per heavy atom. The number of ketones is 1. The molecule has 0 saturated carbocycles. The van der Waals surface area contributed by atoms with E-state index in [1.54, 1.807) is 30.3 Å². The van der Waals surface area contributed by atoms with E-state index in [-0.39, 0.29) is 5.78 Å². The normalized spacial score (nSPS) is 10.2. The van der Waals surface area contributed by atoms with Crippen molar-refractivity contribution in [1.82, 2.24) is 0 Å². The minimum absolute atomic E-state index is 0.0568. The maximum absolute atomic E-state index is 12.4. The predicted molar refractivity (Wildman–Crippen MR) is 76.6 cm³/mol. The van der Waals surface area contributed by atoms with Gasteiger partial charge in [0.1, 0.15) is 5.75 Å². The third-order valence-corrected chi connectivity index (χ3v) is 2.96. The average molecular weight is 255 g/mol. The minimum atomic E-state index is -0.0568. The van der Waals surface area contributed by atoms with Crippen LogP contribution in [0.3, 0.4) is 0 Å². The summed E-state index contributed by atoms with van der Waals surface area (Å²) in [6.07, 6.45) is 0. The zero-order chi connectivity index (χ0) is 13.8. The monoisotopic (exact) mass is 255 g/mol. The summed E-state index contributed by atoms with van der Waals surface area (Å²) < 4.78 is 5.36. The molecule has 2 rings (SSSR count). The van der Waals surface area contributed by atoms with Crippen molar-refractivity contribution >= 4 is 11.5 Å². The smallest absolute Gasteiger partial charge is 0.195 e. The van der Waals surface area contributed by atoms with Crippen molar-refractivity contribution in [2.24, 2.45) is 0 Å². The zero-order valence-corrected chi connectivity index (χ0v) is 11.1. The molecular formula is C16H17NO2. The van der Waals surface area contributed by atoms with Gasteiger partial charge in [-0.05, 0) is 49.7 Å². The molecule has 0 atom stereocenters. The van der Waals surface area contributed by atoms with Gasteiger partial charge >= 0.3 is 0 Å². The van der Waals surface area contributed by atoms with Gasteiger partial charge in [0.05, 0.1) is 6.61 Å². The molecule has 0 fully saturated rings. The predicted octanol–water partition coefficient (Wildman–Crippen LogP) is 3.21. The van der Waals surface area contributed by atoms with Gasteiger partial charge in [-0.1, -0.05) is 12.1 Å². The van der Waals surface area contributed by atoms with Crippen LogP contribution in [0.5, 0.6) is 5.75 Å². The molecule has 0 saturated heterocycles. The Kier molecular flexibility index (Phi) is 3.85. The summed E-state index contributed by atoms with van der Waals surface area (Å²) in [6, 6.07) is 12.6. The van der Waals surface area contributed by atoms with Gasteiger partial charge in [0.15, 0.2) is 5.78 Å². The van der Waals surface area contributed by atoms with Crippen molar-refractivity contribution in [2.75, 3.05) is 12.3 Å². The van der Waals surface area contributed by atoms with E-state index >= 15 is 0 Å². The maximum atomic E-state index is 12.4. The van der Waals surface area contributed by atoms with Crippen LogP contribution in [-0.4, -0.2) is 12.4 Å². The van der Waals surface area contributed by atoms with Crippen LogP contribution in [0, 0.1) is 6.92 Å². The highest BCUT2D eigenvalue weighted by atomic mass is 16.5. The van der Waals surface area contributed by atoms with Crippen LogP contribution < -0.4 is 10.5 Å². The third kappa shape index (κ3) is 2.76. The largest absolute Gasteiger partial charge is 0.494 e. The molecule has 2 aromatic carbocycles. The number of rotatable bonds is 4. The van der Waals surface area contributed by atoms with Crippen LogP contribution in [-0.2, 0) is 0 Å². The Bertz CT molecular complexity index is 568. The molecule has 3 nitrogen and oxygen atoms in total. The standard InChI is InChI=1S/C16H17NO2/c1-3-19-13-9-7-12(8-10-13)16(18)15-11(2)5-4-6-14(15)17/h4-10H,3,17H2,1-2H3. The lowest BCUT2D eigenvalue weighted by Crippen LogP contribution is -2.07. The number of carbonyl (C=O) groups excluding carboxylic acids is 1. The lowest BCUT2D eigenvalue weighted by atomic mass is 9.97. The van der Waals surface area contributed by atoms with Crippen LogP contribution >= 0.6 is 0 Å². The summed E-state index contributed by atoms with van der Waals surface area (Å²) in [5, 5.41) is 0. The number of anilines is 1. The molecule has 0 amide bonds. The number of ether oxygens (including phenoxy) is 1. The van der Waals surface area contributed by atoms with Crippen LogP contribution in [0.25, 0.3) is 0 Å². The quantitative estimate of drug-likeness (QED) is 0.674. The molecule has 3 heteroatoms. The molecule has 0 heterocycles. The Morgan fingerprint density at radius 3 is 2.42 bits per heavy atom. The van der Waals surface area contributed by atoms with Gasteiger partial charge in [-0.15, -0.1) is 0 Å². The summed E-state index contributed by atoms with van der Waals surface area (Å²) >= 11 is 0. The highest BCUT2D eigenvalue weighted by Gasteiger charge is 2.14. The summed E-state index contributed by atoms with van der Waals surface area (Å²) in [5.74, 6) is 0.704. The molecule has 0 aliphatic carbocycles. The van der Waals surface area contributed by atoms with E-state index in [0.717, 1.165) is 11.3 Å². The van der Waals surface area contributed by atoms with E-state index < -0.39 is 0 Å². The van der Waals surface area contributed by atoms with E-state index in [1.165, 1.54) is 0 Å². The van der Waals surface area contributed by atoms with E-state index in [2.05, 4.69) is 0 Å². The van der Waals surface area contributed by atoms with Crippen molar-refractivity contribution < 1.29 is 9.53 Å². The van der Waals surface area contributed by atoms with Gasteiger partial charge in [-0.25, -0.2) is 0 Å². The first-order valence-corrected chi connectivity index (χ1v) is 6.26. The number of hydrogen-bond acceptors (Lipinski definition) is 3. The number of nitrogen functional groups attached to an aromatic ring is 1. The van der Waals surface area contributed by atoms with Gasteiger partial charge in [-0.2, -0.15) is 0 Å². The Hall–Kier alpha value is -2.29. The fourth-order valence-electron chi connectivity index (χ4n) is 2.01. The lowest BCUT2D eigenvalue weighted by molar-refractivity contribution is 0.103. The second kappa shape index (κ2) is 5.57. The van der Waals surface area contributed by atoms with E-state index in [1.807, 2.05) is 26.0 Å². The van der Waals surface area contributed by atoms with Crippen molar-refractivity contribution in [3.8, 4) is 5.75 Å². The fraction of sp³-hybridized carbons (Fsp3) is 0.188. The second-order valence-electron chi connectivity index (χ2n) is 4.33. The average Bonchev–Trinajstić information content (AvgIpc) is 2.39. The molecule has 2 aromatic rings. The molecule has 0 unspecified atom stereocenters. The van der Waals surface area contributed by atoms with E-state index in [9.17, 15) is 4.79 Å². The zero-order valence-electron chi connectivity index (χ0n) is 11.1. The summed E-state index contributed by atoms with van der Waals surface area (Å²) in [7, 11) is 0. The van der Waals surface area contributed by atoms with Crippen LogP contribution in [0.4, 0.5) is 5.69 Å². The molecule has 0 spiro atoms. The first-order chi connectivity index (χ1) is 9.13. The molecule has 19 heavy (non-hydrogen) atoms. The molecule has 0 aliphatic rings. The second-order valence-corrected chi connectivity index (χ2v) is 4.33. The van der Waals surface area contributed by atoms with Gasteiger partial charge in [0.2, 0.25) is 0 Å². The molecule has 98 valence electrons. The first kappa shape index (κ1) is 13.1. The molecule has 0 radical (unpaired) electrons. The molecule has 2 N–H and O–H groups in total. The number of benzene rings is 2. The highest BCUT2D eigenvalue weighted by molar-refractivity contribution is 6.13. The van der Waals surface area contributed by atoms with Crippen molar-refractivity contribution in [1.29, 1.82) is 0 Å². The Morgan fingerprint density at radius 2 is 1.84 bits per heavy atom. The molecule has 0 bridgehead atoms. The lowest BCUT2D eigenvalue weighted by Gasteiger charge is -2.09. The van der Waals surface area contributed by atoms with Gasteiger partial charge in [-0.3, -0.25) is 4.79 Å². The van der Waals surface area contributed by atoms with Gasteiger partial charge in [0, 0.05) is 16.8 Å². The van der Waals surface area contributed by atoms with Crippen molar-refractivity contribution in [2.45, 2.75) is 13.8 Å².